The Kier molecular flexibility index (Phi) is 4.56. The SMILES string of the molecule is CC(=O)O[C@H]1C[C@@]2(C)[C@@H](C[C@@H](O)[C@H]3[C@@]4(C)CC[C@@H](O)[C@@H](C)[C@@H]4CC[C@@]32C)C1=O. The fourth-order valence-electron chi connectivity index (χ4n) is 8.45. The van der Waals surface area contributed by atoms with E-state index in [0.29, 0.717) is 18.8 Å². The van der Waals surface area contributed by atoms with Gasteiger partial charge in [-0.2, -0.15) is 0 Å². The summed E-state index contributed by atoms with van der Waals surface area (Å²) in [6.07, 6.45) is 3.23. The molecule has 4 fully saturated rings. The van der Waals surface area contributed by atoms with Gasteiger partial charge in [0.1, 0.15) is 0 Å². The molecule has 0 aliphatic heterocycles. The molecule has 4 aliphatic rings. The van der Waals surface area contributed by atoms with Gasteiger partial charge in [0.15, 0.2) is 11.9 Å². The fourth-order valence-corrected chi connectivity index (χ4v) is 8.45. The molecule has 5 nitrogen and oxygen atoms in total. The first-order valence-corrected chi connectivity index (χ1v) is 11.0. The van der Waals surface area contributed by atoms with E-state index < -0.39 is 18.2 Å². The molecule has 5 heteroatoms. The summed E-state index contributed by atoms with van der Waals surface area (Å²) >= 11 is 0. The number of Topliss-reactive ketones (excluding diaryl/α,β-unsaturated/α-hetero) is 1. The molecule has 0 bridgehead atoms. The topological polar surface area (TPSA) is 83.8 Å². The zero-order valence-electron chi connectivity index (χ0n) is 17.9. The minimum atomic E-state index is -0.673. The summed E-state index contributed by atoms with van der Waals surface area (Å²) in [7, 11) is 0. The van der Waals surface area contributed by atoms with Crippen LogP contribution < -0.4 is 0 Å². The Bertz CT molecular complexity index is 690. The third kappa shape index (κ3) is 2.44. The number of ether oxygens (including phenoxy) is 1. The van der Waals surface area contributed by atoms with Crippen LogP contribution in [-0.2, 0) is 14.3 Å². The molecule has 0 spiro atoms. The highest BCUT2D eigenvalue weighted by molar-refractivity contribution is 5.90. The van der Waals surface area contributed by atoms with Crippen LogP contribution in [-0.4, -0.2) is 40.3 Å². The molecular weight excluding hydrogens is 356 g/mol. The molecule has 0 amide bonds. The van der Waals surface area contributed by atoms with Gasteiger partial charge in [0.05, 0.1) is 12.2 Å². The molecule has 0 aromatic heterocycles. The van der Waals surface area contributed by atoms with Crippen LogP contribution in [0.2, 0.25) is 0 Å². The van der Waals surface area contributed by atoms with E-state index in [4.69, 9.17) is 4.74 Å². The van der Waals surface area contributed by atoms with Crippen molar-refractivity contribution in [3.8, 4) is 0 Å². The summed E-state index contributed by atoms with van der Waals surface area (Å²) < 4.78 is 5.40. The lowest BCUT2D eigenvalue weighted by Crippen LogP contribution is -2.65. The van der Waals surface area contributed by atoms with Crippen molar-refractivity contribution in [1.82, 2.24) is 0 Å². The molecule has 28 heavy (non-hydrogen) atoms. The van der Waals surface area contributed by atoms with Crippen molar-refractivity contribution in [2.24, 2.45) is 39.9 Å². The number of carbonyl (C=O) groups is 2. The van der Waals surface area contributed by atoms with Gasteiger partial charge in [-0.15, -0.1) is 0 Å². The van der Waals surface area contributed by atoms with Crippen molar-refractivity contribution in [2.75, 3.05) is 0 Å². The first-order chi connectivity index (χ1) is 13.0. The number of hydrogen-bond donors (Lipinski definition) is 2. The van der Waals surface area contributed by atoms with Crippen LogP contribution >= 0.6 is 0 Å². The molecule has 0 aromatic carbocycles. The molecule has 158 valence electrons. The number of hydrogen-bond acceptors (Lipinski definition) is 5. The van der Waals surface area contributed by atoms with Crippen molar-refractivity contribution < 1.29 is 24.5 Å². The van der Waals surface area contributed by atoms with Crippen molar-refractivity contribution in [3.63, 3.8) is 0 Å². The largest absolute Gasteiger partial charge is 0.455 e. The van der Waals surface area contributed by atoms with Crippen LogP contribution in [0.3, 0.4) is 0 Å². The van der Waals surface area contributed by atoms with Gasteiger partial charge in [0.25, 0.3) is 0 Å². The summed E-state index contributed by atoms with van der Waals surface area (Å²) in [4.78, 5) is 24.6. The summed E-state index contributed by atoms with van der Waals surface area (Å²) in [5.74, 6) is 0.0639. The van der Waals surface area contributed by atoms with E-state index in [9.17, 15) is 19.8 Å². The second-order valence-electron chi connectivity index (χ2n) is 11.0. The first kappa shape index (κ1) is 20.3. The molecule has 2 N–H and O–H groups in total. The maximum Gasteiger partial charge on any atom is 0.303 e. The van der Waals surface area contributed by atoms with Crippen LogP contribution in [0.25, 0.3) is 0 Å². The zero-order chi connectivity index (χ0) is 20.6. The normalized spacial score (nSPS) is 55.8. The number of carbonyl (C=O) groups excluding carboxylic acids is 2. The maximum atomic E-state index is 13.1. The highest BCUT2D eigenvalue weighted by Gasteiger charge is 2.71. The number of rotatable bonds is 1. The average molecular weight is 393 g/mol. The summed E-state index contributed by atoms with van der Waals surface area (Å²) in [5.41, 5.74) is -0.504. The Hall–Kier alpha value is -0.940. The smallest absolute Gasteiger partial charge is 0.303 e. The minimum absolute atomic E-state index is 0.00358. The van der Waals surface area contributed by atoms with E-state index in [1.165, 1.54) is 6.92 Å². The Balaban J connectivity index is 1.74. The second-order valence-corrected chi connectivity index (χ2v) is 11.0. The molecule has 0 aromatic rings. The fraction of sp³-hybridized carbons (Fsp3) is 0.913. The van der Waals surface area contributed by atoms with Crippen LogP contribution in [0.5, 0.6) is 0 Å². The molecule has 4 aliphatic carbocycles. The van der Waals surface area contributed by atoms with Gasteiger partial charge in [-0.05, 0) is 72.5 Å². The van der Waals surface area contributed by atoms with Gasteiger partial charge in [-0.3, -0.25) is 9.59 Å². The van der Waals surface area contributed by atoms with Crippen molar-refractivity contribution in [1.29, 1.82) is 0 Å². The maximum absolute atomic E-state index is 13.1. The molecule has 0 radical (unpaired) electrons. The number of aliphatic hydroxyl groups excluding tert-OH is 2. The Labute approximate surface area is 168 Å². The summed E-state index contributed by atoms with van der Waals surface area (Å²) in [6.45, 7) is 10.3. The number of ketones is 1. The van der Waals surface area contributed by atoms with Crippen LogP contribution in [0.4, 0.5) is 0 Å². The molecule has 0 unspecified atom stereocenters. The molecular formula is C23H36O5. The molecule has 4 rings (SSSR count). The van der Waals surface area contributed by atoms with Crippen LogP contribution in [0, 0.1) is 39.9 Å². The molecule has 0 heterocycles. The van der Waals surface area contributed by atoms with E-state index in [2.05, 4.69) is 27.7 Å². The summed E-state index contributed by atoms with van der Waals surface area (Å²) in [6, 6.07) is 0. The third-order valence-corrected chi connectivity index (χ3v) is 9.95. The average Bonchev–Trinajstić information content (AvgIpc) is 2.83. The lowest BCUT2D eigenvalue weighted by Gasteiger charge is -2.68. The molecule has 0 saturated heterocycles. The second kappa shape index (κ2) is 6.28. The van der Waals surface area contributed by atoms with Gasteiger partial charge in [0, 0.05) is 12.8 Å². The Morgan fingerprint density at radius 1 is 1.07 bits per heavy atom. The highest BCUT2D eigenvalue weighted by Crippen LogP contribution is 2.72. The van der Waals surface area contributed by atoms with E-state index in [1.54, 1.807) is 0 Å². The third-order valence-electron chi connectivity index (χ3n) is 9.95. The Morgan fingerprint density at radius 3 is 2.39 bits per heavy atom. The lowest BCUT2D eigenvalue weighted by molar-refractivity contribution is -0.235. The van der Waals surface area contributed by atoms with Crippen molar-refractivity contribution in [3.05, 3.63) is 0 Å². The lowest BCUT2D eigenvalue weighted by atomic mass is 9.36. The number of fused-ring (bicyclic) bond motifs is 5. The van der Waals surface area contributed by atoms with E-state index in [-0.39, 0.29) is 45.9 Å². The van der Waals surface area contributed by atoms with Gasteiger partial charge in [-0.1, -0.05) is 27.7 Å². The van der Waals surface area contributed by atoms with E-state index in [0.717, 1.165) is 25.7 Å². The highest BCUT2D eigenvalue weighted by atomic mass is 16.5. The van der Waals surface area contributed by atoms with Crippen molar-refractivity contribution in [2.45, 2.75) is 91.5 Å². The van der Waals surface area contributed by atoms with Gasteiger partial charge >= 0.3 is 5.97 Å². The monoisotopic (exact) mass is 392 g/mol. The quantitative estimate of drug-likeness (QED) is 0.670. The van der Waals surface area contributed by atoms with Crippen LogP contribution in [0.1, 0.15) is 73.1 Å². The first-order valence-electron chi connectivity index (χ1n) is 11.0. The predicted molar refractivity (Wildman–Crippen MR) is 104 cm³/mol. The molecule has 10 atom stereocenters. The summed E-state index contributed by atoms with van der Waals surface area (Å²) in [5, 5.41) is 21.8. The van der Waals surface area contributed by atoms with Gasteiger partial charge in [-0.25, -0.2) is 0 Å². The Morgan fingerprint density at radius 2 is 1.75 bits per heavy atom. The van der Waals surface area contributed by atoms with E-state index >= 15 is 0 Å². The van der Waals surface area contributed by atoms with Gasteiger partial charge < -0.3 is 14.9 Å². The van der Waals surface area contributed by atoms with Gasteiger partial charge in [0.2, 0.25) is 0 Å². The van der Waals surface area contributed by atoms with Crippen LogP contribution in [0.15, 0.2) is 0 Å². The standard InChI is InChI=1S/C23H36O5/c1-12-14-6-9-22(4)20(21(14,3)8-7-16(12)25)17(26)10-15-19(27)18(28-13(2)24)11-23(15,22)5/h12,14-18,20,25-26H,6-11H2,1-5H3/t12-,14-,15-,16+,17+,18-,20-,21-,22-,23-/m0/s1. The number of esters is 1. The zero-order valence-corrected chi connectivity index (χ0v) is 17.9. The van der Waals surface area contributed by atoms with Crippen molar-refractivity contribution >= 4 is 11.8 Å². The predicted octanol–water partition coefficient (Wildman–Crippen LogP) is 3.11. The molecule has 4 saturated carbocycles. The minimum Gasteiger partial charge on any atom is -0.455 e. The van der Waals surface area contributed by atoms with E-state index in [1.807, 2.05) is 0 Å². The number of aliphatic hydroxyl groups is 2.